The summed E-state index contributed by atoms with van der Waals surface area (Å²) in [5.74, 6) is -0.606. The van der Waals surface area contributed by atoms with Crippen LogP contribution < -0.4 is 10.1 Å². The average molecular weight is 340 g/mol. The molecule has 1 heterocycles. The Morgan fingerprint density at radius 2 is 1.96 bits per heavy atom. The maximum Gasteiger partial charge on any atom is 0.243 e. The number of methoxy groups -OCH3 is 1. The van der Waals surface area contributed by atoms with Gasteiger partial charge in [0.05, 0.1) is 31.1 Å². The maximum atomic E-state index is 12.2. The van der Waals surface area contributed by atoms with E-state index in [0.717, 1.165) is 0 Å². The van der Waals surface area contributed by atoms with Gasteiger partial charge in [0.15, 0.2) is 9.84 Å². The van der Waals surface area contributed by atoms with Gasteiger partial charge in [-0.25, -0.2) is 8.42 Å². The van der Waals surface area contributed by atoms with Crippen LogP contribution >= 0.6 is 0 Å². The third-order valence-corrected chi connectivity index (χ3v) is 5.48. The molecule has 2 rings (SSSR count). The van der Waals surface area contributed by atoms with Gasteiger partial charge in [-0.05, 0) is 30.7 Å². The number of hydrogen-bond acceptors (Lipinski definition) is 5. The Balaban J connectivity index is 1.87. The van der Waals surface area contributed by atoms with E-state index < -0.39 is 15.8 Å². The van der Waals surface area contributed by atoms with Crippen LogP contribution in [0.25, 0.3) is 0 Å². The number of nitrogens with zero attached hydrogens (tertiary/aromatic N) is 1. The van der Waals surface area contributed by atoms with Crippen LogP contribution in [0.4, 0.5) is 5.69 Å². The summed E-state index contributed by atoms with van der Waals surface area (Å²) in [6, 6.07) is 6.83. The molecule has 1 aliphatic rings. The van der Waals surface area contributed by atoms with Crippen molar-refractivity contribution >= 4 is 27.3 Å². The Bertz CT molecular complexity index is 684. The van der Waals surface area contributed by atoms with Gasteiger partial charge in [-0.2, -0.15) is 0 Å². The van der Waals surface area contributed by atoms with Crippen molar-refractivity contribution in [3.8, 4) is 5.75 Å². The fourth-order valence-electron chi connectivity index (χ4n) is 2.47. The van der Waals surface area contributed by atoms with Crippen LogP contribution in [-0.2, 0) is 19.4 Å². The van der Waals surface area contributed by atoms with E-state index in [1.807, 2.05) is 0 Å². The number of sulfone groups is 1. The number of carbonyl (C=O) groups is 2. The molecule has 126 valence electrons. The lowest BCUT2D eigenvalue weighted by Gasteiger charge is -2.19. The Hall–Kier alpha value is -2.09. The van der Waals surface area contributed by atoms with Crippen molar-refractivity contribution in [2.24, 2.45) is 5.92 Å². The summed E-state index contributed by atoms with van der Waals surface area (Å²) >= 11 is 0. The zero-order valence-electron chi connectivity index (χ0n) is 13.1. The van der Waals surface area contributed by atoms with Crippen molar-refractivity contribution in [2.75, 3.05) is 37.5 Å². The molecule has 8 heteroatoms. The van der Waals surface area contributed by atoms with E-state index in [4.69, 9.17) is 4.74 Å². The molecule has 0 aromatic heterocycles. The van der Waals surface area contributed by atoms with Crippen LogP contribution in [0, 0.1) is 5.92 Å². The number of nitrogens with one attached hydrogen (secondary N) is 1. The Kier molecular flexibility index (Phi) is 5.25. The number of carbonyl (C=O) groups excluding carboxylic acids is 2. The first kappa shape index (κ1) is 17.3. The largest absolute Gasteiger partial charge is 0.497 e. The number of hydrogen-bond donors (Lipinski definition) is 1. The highest BCUT2D eigenvalue weighted by Gasteiger charge is 2.34. The smallest absolute Gasteiger partial charge is 0.243 e. The molecule has 0 spiro atoms. The second-order valence-electron chi connectivity index (χ2n) is 5.57. The highest BCUT2D eigenvalue weighted by molar-refractivity contribution is 7.91. The molecule has 1 fully saturated rings. The van der Waals surface area contributed by atoms with Gasteiger partial charge in [0.2, 0.25) is 11.8 Å². The van der Waals surface area contributed by atoms with Crippen LogP contribution in [0.1, 0.15) is 6.42 Å². The highest BCUT2D eigenvalue weighted by atomic mass is 32.2. The number of anilines is 1. The Morgan fingerprint density at radius 1 is 1.30 bits per heavy atom. The summed E-state index contributed by atoms with van der Waals surface area (Å²) in [5, 5.41) is 2.68. The van der Waals surface area contributed by atoms with Crippen LogP contribution in [0.15, 0.2) is 24.3 Å². The molecule has 23 heavy (non-hydrogen) atoms. The molecule has 1 saturated heterocycles. The van der Waals surface area contributed by atoms with Crippen LogP contribution in [-0.4, -0.2) is 57.3 Å². The van der Waals surface area contributed by atoms with E-state index in [2.05, 4.69) is 5.32 Å². The highest BCUT2D eigenvalue weighted by Crippen LogP contribution is 2.20. The standard InChI is InChI=1S/C15H20N2O5S/c1-17(15(19)11-7-8-23(20,21)10-11)9-14(18)16-12-3-5-13(22-2)6-4-12/h3-6,11H,7-10H2,1-2H3,(H,16,18)/t11-/m0/s1. The summed E-state index contributed by atoms with van der Waals surface area (Å²) in [7, 11) is -0.0637. The number of benzene rings is 1. The molecular formula is C15H20N2O5S. The monoisotopic (exact) mass is 340 g/mol. The van der Waals surface area contributed by atoms with E-state index in [9.17, 15) is 18.0 Å². The minimum atomic E-state index is -3.12. The zero-order chi connectivity index (χ0) is 17.0. The van der Waals surface area contributed by atoms with Gasteiger partial charge in [-0.1, -0.05) is 0 Å². The SMILES string of the molecule is COc1ccc(NC(=O)CN(C)C(=O)[C@H]2CCS(=O)(=O)C2)cc1. The number of rotatable bonds is 5. The van der Waals surface area contributed by atoms with Crippen molar-refractivity contribution < 1.29 is 22.7 Å². The molecule has 7 nitrogen and oxygen atoms in total. The van der Waals surface area contributed by atoms with E-state index in [1.54, 1.807) is 31.4 Å². The molecule has 1 atom stereocenters. The van der Waals surface area contributed by atoms with Gasteiger partial charge >= 0.3 is 0 Å². The summed E-state index contributed by atoms with van der Waals surface area (Å²) in [4.78, 5) is 25.4. The van der Waals surface area contributed by atoms with Crippen molar-refractivity contribution in [1.82, 2.24) is 4.90 Å². The van der Waals surface area contributed by atoms with Crippen molar-refractivity contribution in [3.05, 3.63) is 24.3 Å². The number of ether oxygens (including phenoxy) is 1. The molecule has 1 aromatic rings. The van der Waals surface area contributed by atoms with Gasteiger partial charge in [-0.3, -0.25) is 9.59 Å². The van der Waals surface area contributed by atoms with Gasteiger partial charge < -0.3 is 15.0 Å². The van der Waals surface area contributed by atoms with Crippen molar-refractivity contribution in [3.63, 3.8) is 0 Å². The molecule has 2 amide bonds. The van der Waals surface area contributed by atoms with Crippen LogP contribution in [0.2, 0.25) is 0 Å². The number of likely N-dealkylation sites (N-methyl/N-ethyl adjacent to an activating group) is 1. The van der Waals surface area contributed by atoms with E-state index >= 15 is 0 Å². The zero-order valence-corrected chi connectivity index (χ0v) is 13.9. The van der Waals surface area contributed by atoms with Gasteiger partial charge in [0, 0.05) is 12.7 Å². The molecule has 0 aliphatic carbocycles. The van der Waals surface area contributed by atoms with Gasteiger partial charge in [-0.15, -0.1) is 0 Å². The lowest BCUT2D eigenvalue weighted by molar-refractivity contribution is -0.136. The van der Waals surface area contributed by atoms with Crippen molar-refractivity contribution in [2.45, 2.75) is 6.42 Å². The summed E-state index contributed by atoms with van der Waals surface area (Å²) in [6.45, 7) is -0.124. The summed E-state index contributed by atoms with van der Waals surface area (Å²) < 4.78 is 27.9. The van der Waals surface area contributed by atoms with E-state index in [-0.39, 0.29) is 29.9 Å². The first-order valence-electron chi connectivity index (χ1n) is 7.20. The van der Waals surface area contributed by atoms with Crippen LogP contribution in [0.3, 0.4) is 0 Å². The topological polar surface area (TPSA) is 92.8 Å². The fourth-order valence-corrected chi connectivity index (χ4v) is 4.20. The first-order valence-corrected chi connectivity index (χ1v) is 9.02. The summed E-state index contributed by atoms with van der Waals surface area (Å²) in [6.07, 6.45) is 0.325. The normalized spacial score (nSPS) is 19.1. The van der Waals surface area contributed by atoms with Gasteiger partial charge in [0.25, 0.3) is 0 Å². The third-order valence-electron chi connectivity index (χ3n) is 3.71. The molecular weight excluding hydrogens is 320 g/mol. The van der Waals surface area contributed by atoms with Crippen molar-refractivity contribution in [1.29, 1.82) is 0 Å². The first-order chi connectivity index (χ1) is 10.8. The molecule has 0 unspecified atom stereocenters. The second-order valence-corrected chi connectivity index (χ2v) is 7.80. The minimum absolute atomic E-state index is 0.0370. The average Bonchev–Trinajstić information content (AvgIpc) is 2.87. The predicted octanol–water partition coefficient (Wildman–Crippen LogP) is 0.527. The second kappa shape index (κ2) is 6.99. The lowest BCUT2D eigenvalue weighted by Crippen LogP contribution is -2.39. The molecule has 1 aromatic carbocycles. The van der Waals surface area contributed by atoms with E-state index in [1.165, 1.54) is 11.9 Å². The Labute approximate surface area is 135 Å². The lowest BCUT2D eigenvalue weighted by atomic mass is 10.1. The Morgan fingerprint density at radius 3 is 2.48 bits per heavy atom. The predicted molar refractivity (Wildman–Crippen MR) is 86.0 cm³/mol. The quantitative estimate of drug-likeness (QED) is 0.844. The molecule has 0 radical (unpaired) electrons. The third kappa shape index (κ3) is 4.69. The maximum absolute atomic E-state index is 12.2. The van der Waals surface area contributed by atoms with Gasteiger partial charge in [0.1, 0.15) is 5.75 Å². The van der Waals surface area contributed by atoms with Crippen LogP contribution in [0.5, 0.6) is 5.75 Å². The minimum Gasteiger partial charge on any atom is -0.497 e. The molecule has 0 bridgehead atoms. The molecule has 0 saturated carbocycles. The van der Waals surface area contributed by atoms with E-state index in [0.29, 0.717) is 17.9 Å². The fraction of sp³-hybridized carbons (Fsp3) is 0.467. The number of amides is 2. The molecule has 1 N–H and O–H groups in total. The molecule has 1 aliphatic heterocycles. The summed E-state index contributed by atoms with van der Waals surface area (Å²) in [5.41, 5.74) is 0.597.